The zero-order chi connectivity index (χ0) is 14.2. The number of nitrogens with zero attached hydrogens (tertiary/aromatic N) is 2. The van der Waals surface area contributed by atoms with Gasteiger partial charge in [0, 0.05) is 13.0 Å². The van der Waals surface area contributed by atoms with Crippen LogP contribution in [0.3, 0.4) is 0 Å². The molecule has 3 rings (SSSR count). The Morgan fingerprint density at radius 2 is 2.00 bits per heavy atom. The van der Waals surface area contributed by atoms with Crippen LogP contribution in [0.4, 0.5) is 0 Å². The van der Waals surface area contributed by atoms with E-state index in [4.69, 9.17) is 0 Å². The van der Waals surface area contributed by atoms with Crippen molar-refractivity contribution in [2.24, 2.45) is 5.41 Å². The summed E-state index contributed by atoms with van der Waals surface area (Å²) in [6.07, 6.45) is 3.80. The summed E-state index contributed by atoms with van der Waals surface area (Å²) in [6.45, 7) is 4.74. The highest BCUT2D eigenvalue weighted by atomic mass is 16.2. The number of aromatic amines is 2. The molecule has 2 saturated heterocycles. The van der Waals surface area contributed by atoms with Crippen molar-refractivity contribution >= 4 is 5.91 Å². The molecule has 1 atom stereocenters. The molecule has 110 valence electrons. The van der Waals surface area contributed by atoms with Gasteiger partial charge in [0.25, 0.3) is 0 Å². The second-order valence-corrected chi connectivity index (χ2v) is 6.01. The van der Waals surface area contributed by atoms with Crippen LogP contribution in [0.2, 0.25) is 0 Å². The number of hydrogen-bond acceptors (Lipinski definition) is 4. The normalized spacial score (nSPS) is 24.1. The van der Waals surface area contributed by atoms with E-state index in [0.29, 0.717) is 12.2 Å². The molecule has 0 saturated carbocycles. The maximum Gasteiger partial charge on any atom is 0.340 e. The first-order chi connectivity index (χ1) is 9.60. The smallest absolute Gasteiger partial charge is 0.332 e. The van der Waals surface area contributed by atoms with Crippen molar-refractivity contribution in [2.45, 2.75) is 38.6 Å². The van der Waals surface area contributed by atoms with Gasteiger partial charge in [0.2, 0.25) is 5.91 Å². The van der Waals surface area contributed by atoms with Crippen molar-refractivity contribution in [3.05, 3.63) is 16.3 Å². The fourth-order valence-corrected chi connectivity index (χ4v) is 3.39. The molecule has 3 heterocycles. The van der Waals surface area contributed by atoms with Gasteiger partial charge < -0.3 is 10.2 Å². The maximum atomic E-state index is 12.2. The summed E-state index contributed by atoms with van der Waals surface area (Å²) < 4.78 is 0. The van der Waals surface area contributed by atoms with Gasteiger partial charge in [-0.15, -0.1) is 0 Å². The number of carbonyl (C=O) groups excluding carboxylic acids is 1. The number of H-pyrrole nitrogens is 2. The van der Waals surface area contributed by atoms with E-state index in [1.807, 2.05) is 11.8 Å². The lowest BCUT2D eigenvalue weighted by Gasteiger charge is -2.46. The van der Waals surface area contributed by atoms with Gasteiger partial charge in [0.15, 0.2) is 5.82 Å². The lowest BCUT2D eigenvalue weighted by Crippen LogP contribution is -2.51. The molecular weight excluding hydrogens is 258 g/mol. The van der Waals surface area contributed by atoms with Crippen LogP contribution in [0.5, 0.6) is 0 Å². The fourth-order valence-electron chi connectivity index (χ4n) is 3.39. The molecule has 7 nitrogen and oxygen atoms in total. The zero-order valence-corrected chi connectivity index (χ0v) is 11.7. The zero-order valence-electron chi connectivity index (χ0n) is 11.7. The standard InChI is InChI=1S/C13H21N5O2/c1-9(11-15-12(20)17-16-11)18-8-13(3-2-10(18)19)4-6-14-7-5-13/h9,14H,2-8H2,1H3,(H2,15,16,17,20)/t9-/m0/s1. The van der Waals surface area contributed by atoms with E-state index in [9.17, 15) is 9.59 Å². The van der Waals surface area contributed by atoms with Crippen LogP contribution < -0.4 is 11.0 Å². The average molecular weight is 279 g/mol. The van der Waals surface area contributed by atoms with Crippen molar-refractivity contribution in [2.75, 3.05) is 19.6 Å². The van der Waals surface area contributed by atoms with E-state index in [1.165, 1.54) is 0 Å². The second kappa shape index (κ2) is 5.05. The molecule has 2 aliphatic rings. The van der Waals surface area contributed by atoms with Crippen molar-refractivity contribution < 1.29 is 4.79 Å². The third-order valence-electron chi connectivity index (χ3n) is 4.74. The monoisotopic (exact) mass is 279 g/mol. The Balaban J connectivity index is 1.79. The van der Waals surface area contributed by atoms with Crippen LogP contribution in [0.25, 0.3) is 0 Å². The lowest BCUT2D eigenvalue weighted by atomic mass is 9.72. The summed E-state index contributed by atoms with van der Waals surface area (Å²) in [6, 6.07) is -0.187. The number of amides is 1. The molecule has 7 heteroatoms. The third-order valence-corrected chi connectivity index (χ3v) is 4.74. The number of carbonyl (C=O) groups is 1. The van der Waals surface area contributed by atoms with E-state index in [-0.39, 0.29) is 23.1 Å². The van der Waals surface area contributed by atoms with Gasteiger partial charge in [-0.05, 0) is 44.7 Å². The number of nitrogens with one attached hydrogen (secondary N) is 3. The molecule has 0 unspecified atom stereocenters. The summed E-state index contributed by atoms with van der Waals surface area (Å²) in [5, 5.41) is 9.70. The predicted octanol–water partition coefficient (Wildman–Crippen LogP) is 0.151. The van der Waals surface area contributed by atoms with E-state index in [0.717, 1.165) is 38.9 Å². The van der Waals surface area contributed by atoms with Crippen LogP contribution >= 0.6 is 0 Å². The van der Waals surface area contributed by atoms with Crippen molar-refractivity contribution in [1.82, 2.24) is 25.4 Å². The average Bonchev–Trinajstić information content (AvgIpc) is 2.89. The summed E-state index contributed by atoms with van der Waals surface area (Å²) in [4.78, 5) is 27.9. The molecule has 0 bridgehead atoms. The minimum absolute atomic E-state index is 0.158. The molecule has 2 aliphatic heterocycles. The predicted molar refractivity (Wildman–Crippen MR) is 73.1 cm³/mol. The van der Waals surface area contributed by atoms with Gasteiger partial charge >= 0.3 is 5.69 Å². The highest BCUT2D eigenvalue weighted by Crippen LogP contribution is 2.40. The third kappa shape index (κ3) is 2.37. The highest BCUT2D eigenvalue weighted by molar-refractivity contribution is 5.77. The van der Waals surface area contributed by atoms with Gasteiger partial charge in [-0.1, -0.05) is 0 Å². The lowest BCUT2D eigenvalue weighted by molar-refractivity contribution is -0.141. The summed E-state index contributed by atoms with van der Waals surface area (Å²) in [7, 11) is 0. The topological polar surface area (TPSA) is 93.9 Å². The Labute approximate surface area is 117 Å². The van der Waals surface area contributed by atoms with Crippen LogP contribution in [0.15, 0.2) is 4.79 Å². The molecule has 3 N–H and O–H groups in total. The molecule has 0 aliphatic carbocycles. The second-order valence-electron chi connectivity index (χ2n) is 6.01. The molecule has 0 radical (unpaired) electrons. The number of likely N-dealkylation sites (tertiary alicyclic amines) is 1. The maximum absolute atomic E-state index is 12.2. The summed E-state index contributed by atoms with van der Waals surface area (Å²) in [5.41, 5.74) is -0.0859. The number of aromatic nitrogens is 3. The molecular formula is C13H21N5O2. The Morgan fingerprint density at radius 3 is 2.65 bits per heavy atom. The van der Waals surface area contributed by atoms with E-state index >= 15 is 0 Å². The SMILES string of the molecule is C[C@@H](c1n[nH]c(=O)[nH]1)N1CC2(CCNCC2)CCC1=O. The first-order valence-electron chi connectivity index (χ1n) is 7.24. The fraction of sp³-hybridized carbons (Fsp3) is 0.769. The van der Waals surface area contributed by atoms with Crippen LogP contribution in [-0.2, 0) is 4.79 Å². The molecule has 1 spiro atoms. The van der Waals surface area contributed by atoms with Crippen molar-refractivity contribution in [1.29, 1.82) is 0 Å². The Hall–Kier alpha value is -1.63. The van der Waals surface area contributed by atoms with E-state index in [1.54, 1.807) is 0 Å². The molecule has 1 aromatic rings. The van der Waals surface area contributed by atoms with Crippen molar-refractivity contribution in [3.63, 3.8) is 0 Å². The van der Waals surface area contributed by atoms with Gasteiger partial charge in [0.1, 0.15) is 0 Å². The highest BCUT2D eigenvalue weighted by Gasteiger charge is 2.41. The molecule has 1 amide bonds. The minimum Gasteiger partial charge on any atom is -0.332 e. The summed E-state index contributed by atoms with van der Waals surface area (Å²) in [5.74, 6) is 0.694. The largest absolute Gasteiger partial charge is 0.340 e. The molecule has 20 heavy (non-hydrogen) atoms. The quantitative estimate of drug-likeness (QED) is 0.718. The number of rotatable bonds is 2. The summed E-state index contributed by atoms with van der Waals surface area (Å²) >= 11 is 0. The molecule has 0 aromatic carbocycles. The van der Waals surface area contributed by atoms with Gasteiger partial charge in [0.05, 0.1) is 6.04 Å². The van der Waals surface area contributed by atoms with Crippen LogP contribution in [0.1, 0.15) is 44.5 Å². The van der Waals surface area contributed by atoms with Gasteiger partial charge in [-0.25, -0.2) is 9.89 Å². The molecule has 1 aromatic heterocycles. The van der Waals surface area contributed by atoms with E-state index in [2.05, 4.69) is 20.5 Å². The van der Waals surface area contributed by atoms with Gasteiger partial charge in [-0.3, -0.25) is 9.78 Å². The Bertz CT molecular complexity index is 543. The Morgan fingerprint density at radius 1 is 1.25 bits per heavy atom. The van der Waals surface area contributed by atoms with Crippen LogP contribution in [0, 0.1) is 5.41 Å². The first kappa shape index (κ1) is 13.4. The molecule has 2 fully saturated rings. The minimum atomic E-state index is -0.326. The van der Waals surface area contributed by atoms with E-state index < -0.39 is 0 Å². The number of piperidine rings is 2. The Kier molecular flexibility index (Phi) is 3.37. The number of hydrogen-bond donors (Lipinski definition) is 3. The van der Waals surface area contributed by atoms with Gasteiger partial charge in [-0.2, -0.15) is 5.10 Å². The van der Waals surface area contributed by atoms with Crippen molar-refractivity contribution in [3.8, 4) is 0 Å². The van der Waals surface area contributed by atoms with Crippen LogP contribution in [-0.4, -0.2) is 45.6 Å². The first-order valence-corrected chi connectivity index (χ1v) is 7.24.